The topological polar surface area (TPSA) is 21.6 Å². The summed E-state index contributed by atoms with van der Waals surface area (Å²) in [7, 11) is 1.64. The van der Waals surface area contributed by atoms with Crippen LogP contribution in [0.3, 0.4) is 0 Å². The van der Waals surface area contributed by atoms with Gasteiger partial charge in [-0.25, -0.2) is 35.1 Å². The first-order valence-electron chi connectivity index (χ1n) is 38.2. The van der Waals surface area contributed by atoms with Gasteiger partial charge in [-0.2, -0.15) is 4.99 Å². The van der Waals surface area contributed by atoms with Crippen LogP contribution in [0.5, 0.6) is 5.75 Å². The minimum Gasteiger partial charge on any atom is -0.497 e. The molecule has 1 aliphatic rings. The smallest absolute Gasteiger partial charge is 0.153 e. The monoisotopic (exact) mass is 1580 g/mol. The lowest BCUT2D eigenvalue weighted by atomic mass is 9.79. The van der Waals surface area contributed by atoms with Crippen LogP contribution in [0.1, 0.15) is 150 Å². The lowest BCUT2D eigenvalue weighted by molar-refractivity contribution is 0.348. The maximum atomic E-state index is 13.8. The molecular formula is C106H89F8NOS. The number of isothiocyanates is 1. The molecule has 117 heavy (non-hydrogen) atoms. The van der Waals surface area contributed by atoms with E-state index in [-0.39, 0.29) is 28.3 Å². The van der Waals surface area contributed by atoms with E-state index in [1.807, 2.05) is 159 Å². The van der Waals surface area contributed by atoms with Crippen molar-refractivity contribution in [3.63, 3.8) is 0 Å². The molecular weight excluding hydrogens is 1490 g/mol. The Morgan fingerprint density at radius 2 is 0.658 bits per heavy atom. The maximum Gasteiger partial charge on any atom is 0.153 e. The van der Waals surface area contributed by atoms with E-state index in [1.54, 1.807) is 40.0 Å². The molecule has 1 saturated carbocycles. The fourth-order valence-corrected chi connectivity index (χ4v) is 12.0. The van der Waals surface area contributed by atoms with Crippen LogP contribution in [0.15, 0.2) is 272 Å². The molecule has 0 amide bonds. The highest BCUT2D eigenvalue weighted by molar-refractivity contribution is 7.78. The first-order chi connectivity index (χ1) is 56.2. The van der Waals surface area contributed by atoms with Crippen LogP contribution < -0.4 is 4.74 Å². The second kappa shape index (κ2) is 43.9. The van der Waals surface area contributed by atoms with Crippen LogP contribution in [-0.4, -0.2) is 12.3 Å². The van der Waals surface area contributed by atoms with Crippen molar-refractivity contribution in [3.05, 3.63) is 425 Å². The van der Waals surface area contributed by atoms with E-state index >= 15 is 0 Å². The van der Waals surface area contributed by atoms with Gasteiger partial charge in [0.1, 0.15) is 46.3 Å². The molecule has 0 N–H and O–H groups in total. The number of thiocarbonyl (C=S) groups is 1. The fourth-order valence-electron chi connectivity index (χ4n) is 11.9. The van der Waals surface area contributed by atoms with Gasteiger partial charge in [-0.15, -0.1) is 0 Å². The van der Waals surface area contributed by atoms with Crippen molar-refractivity contribution in [2.75, 3.05) is 7.11 Å². The summed E-state index contributed by atoms with van der Waals surface area (Å²) < 4.78 is 114. The average Bonchev–Trinajstić information content (AvgIpc) is 0.828. The van der Waals surface area contributed by atoms with E-state index in [4.69, 9.17) is 4.74 Å². The zero-order valence-corrected chi connectivity index (χ0v) is 68.1. The molecule has 0 unspecified atom stereocenters. The number of hydrogen-bond donors (Lipinski definition) is 0. The van der Waals surface area contributed by atoms with Gasteiger partial charge >= 0.3 is 0 Å². The summed E-state index contributed by atoms with van der Waals surface area (Å²) >= 11 is 4.33. The number of halogens is 8. The summed E-state index contributed by atoms with van der Waals surface area (Å²) in [5.41, 5.74) is 19.8. The number of benzene rings is 13. The standard InChI is InChI=1S/C22H16F2.C20H22F2.C16H9F2NS.C16H15FO.C16H13F.C16H14/c1-15-3-8-18(9-4-15)19-10-5-17(6-11-19)7-12-20-21(23)13-16(2)14-22(20)24;1-13-3-5-15(6-4-13)16-7-9-17(10-8-16)18-11-19(21)14(2)20(22)12-18;1-11-2-4-12(5-3-11)6-7-13-8-14(17)16(19-10-20)15(18)9-13;1-12-3-4-14(11-16(12)17)6-5-13-7-9-15(18-2)10-8-13;1-12-3-6-14(7-4-12)9-10-15-8-5-13(2)16(17)11-15;1-13-3-7-15(8-4-13)11-12-16-9-5-14(2)6-10-16/h3-6,8-11,13-14H,1-2H3;7-13,15H,3-6H2,1-2H3;2-5,8-9H,1H3;3-11H,1-2H3;3-8,11H,1-2H3;3-10H,1-2H3. The molecule has 13 aromatic rings. The predicted molar refractivity (Wildman–Crippen MR) is 468 cm³/mol. The van der Waals surface area contributed by atoms with Gasteiger partial charge in [0.15, 0.2) is 11.6 Å². The molecule has 0 heterocycles. The summed E-state index contributed by atoms with van der Waals surface area (Å²) in [5, 5.41) is 1.94. The first kappa shape index (κ1) is 87.8. The molecule has 1 aliphatic carbocycles. The van der Waals surface area contributed by atoms with Gasteiger partial charge in [0.05, 0.1) is 17.8 Å². The van der Waals surface area contributed by atoms with Crippen molar-refractivity contribution in [1.82, 2.24) is 0 Å². The summed E-state index contributed by atoms with van der Waals surface area (Å²) in [6, 6.07) is 81.7. The highest BCUT2D eigenvalue weighted by Gasteiger charge is 2.20. The second-order valence-electron chi connectivity index (χ2n) is 28.7. The summed E-state index contributed by atoms with van der Waals surface area (Å²) in [6.45, 7) is 19.1. The Morgan fingerprint density at radius 1 is 0.316 bits per heavy atom. The van der Waals surface area contributed by atoms with Gasteiger partial charge in [-0.05, 0) is 282 Å². The van der Waals surface area contributed by atoms with E-state index < -0.39 is 40.6 Å². The van der Waals surface area contributed by atoms with Gasteiger partial charge in [0, 0.05) is 44.5 Å². The summed E-state index contributed by atoms with van der Waals surface area (Å²) in [6.07, 6.45) is 8.91. The van der Waals surface area contributed by atoms with Crippen LogP contribution >= 0.6 is 12.2 Å². The lowest BCUT2D eigenvalue weighted by Crippen LogP contribution is -2.10. The maximum absolute atomic E-state index is 13.8. The van der Waals surface area contributed by atoms with Gasteiger partial charge in [0.25, 0.3) is 0 Å². The average molecular weight is 1580 g/mol. The normalized spacial score (nSPS) is 12.1. The molecule has 11 heteroatoms. The van der Waals surface area contributed by atoms with Crippen LogP contribution in [0.2, 0.25) is 0 Å². The van der Waals surface area contributed by atoms with E-state index in [2.05, 4.69) is 170 Å². The number of methoxy groups -OCH3 is 1. The van der Waals surface area contributed by atoms with Gasteiger partial charge in [-0.3, -0.25) is 0 Å². The Hall–Kier alpha value is -13.1. The Bertz CT molecular complexity index is 5760. The van der Waals surface area contributed by atoms with Gasteiger partial charge in [0.2, 0.25) is 0 Å². The van der Waals surface area contributed by atoms with Gasteiger partial charge in [-0.1, -0.05) is 247 Å². The predicted octanol–water partition coefficient (Wildman–Crippen LogP) is 28.1. The quantitative estimate of drug-likeness (QED) is 0.0521. The molecule has 0 spiro atoms. The first-order valence-corrected chi connectivity index (χ1v) is 38.6. The Labute approximate surface area is 689 Å². The number of aryl methyl sites for hydroxylation is 8. The minimum atomic E-state index is -0.810. The molecule has 1 fully saturated rings. The van der Waals surface area contributed by atoms with Crippen LogP contribution in [0.4, 0.5) is 40.8 Å². The molecule has 13 aromatic carbocycles. The molecule has 0 aromatic heterocycles. The molecule has 0 bridgehead atoms. The van der Waals surface area contributed by atoms with Gasteiger partial charge < -0.3 is 4.74 Å². The molecule has 0 aliphatic heterocycles. The highest BCUT2D eigenvalue weighted by atomic mass is 32.1. The fraction of sp³-hybridized carbons (Fsp3) is 0.160. The van der Waals surface area contributed by atoms with Crippen molar-refractivity contribution in [2.24, 2.45) is 10.9 Å². The van der Waals surface area contributed by atoms with Crippen LogP contribution in [-0.2, 0) is 0 Å². The van der Waals surface area contributed by atoms with Crippen molar-refractivity contribution in [3.8, 4) is 75.4 Å². The minimum absolute atomic E-state index is 0.0803. The van der Waals surface area contributed by atoms with E-state index in [1.165, 1.54) is 96.8 Å². The van der Waals surface area contributed by atoms with E-state index in [0.717, 1.165) is 79.4 Å². The van der Waals surface area contributed by atoms with Crippen molar-refractivity contribution >= 4 is 35.2 Å². The molecule has 2 nitrogen and oxygen atoms in total. The zero-order valence-electron chi connectivity index (χ0n) is 67.3. The molecule has 14 rings (SSSR count). The molecule has 0 radical (unpaired) electrons. The third-order valence-electron chi connectivity index (χ3n) is 19.2. The lowest BCUT2D eigenvalue weighted by Gasteiger charge is -2.26. The van der Waals surface area contributed by atoms with Crippen molar-refractivity contribution in [1.29, 1.82) is 0 Å². The zero-order chi connectivity index (χ0) is 83.9. The van der Waals surface area contributed by atoms with Crippen molar-refractivity contribution < 1.29 is 39.9 Å². The van der Waals surface area contributed by atoms with Crippen molar-refractivity contribution in [2.45, 2.75) is 101 Å². The number of aliphatic imine (C=N–C) groups is 1. The summed E-state index contributed by atoms with van der Waals surface area (Å²) in [4.78, 5) is 3.34. The number of nitrogens with zero attached hydrogens (tertiary/aromatic N) is 1. The number of hydrogen-bond acceptors (Lipinski definition) is 3. The third kappa shape index (κ3) is 28.1. The van der Waals surface area contributed by atoms with E-state index in [9.17, 15) is 35.1 Å². The molecule has 0 atom stereocenters. The molecule has 586 valence electrons. The van der Waals surface area contributed by atoms with Crippen LogP contribution in [0, 0.1) is 162 Å². The third-order valence-corrected chi connectivity index (χ3v) is 19.3. The Morgan fingerprint density at radius 3 is 1.09 bits per heavy atom. The summed E-state index contributed by atoms with van der Waals surface area (Å²) in [5.74, 6) is 21.3. The molecule has 0 saturated heterocycles. The second-order valence-corrected chi connectivity index (χ2v) is 28.9. The largest absolute Gasteiger partial charge is 0.497 e. The van der Waals surface area contributed by atoms with Crippen LogP contribution in [0.25, 0.3) is 34.4 Å². The number of ether oxygens (including phenoxy) is 1. The Kier molecular flexibility index (Phi) is 33.0. The SMILES string of the molecule is COc1ccc(C=Cc2ccc(C)c(F)c2)cc1.Cc1c(F)cc(-c2ccc(C3CCC(C)CC3)cc2)cc1F.Cc1ccc(-c2ccc(C#Cc3c(F)cc(C)cc3F)cc2)cc1.Cc1ccc(C#Cc2cc(F)c(N=C=S)c(F)c2)cc1.Cc1ccc(C#Cc2ccc(C)c(F)c2)cc1.Cc1ccc(C#Cc2ccc(C)cc2)cc1. The Balaban J connectivity index is 0.000000161. The number of rotatable bonds is 7. The van der Waals surface area contributed by atoms with E-state index in [0.29, 0.717) is 39.3 Å². The highest BCUT2D eigenvalue weighted by Crippen LogP contribution is 2.37.